The van der Waals surface area contributed by atoms with Gasteiger partial charge in [0.1, 0.15) is 6.10 Å². The first-order chi connectivity index (χ1) is 5.82. The van der Waals surface area contributed by atoms with Crippen LogP contribution in [0, 0.1) is 0 Å². The molecule has 76 valence electrons. The summed E-state index contributed by atoms with van der Waals surface area (Å²) in [7, 11) is 0. The van der Waals surface area contributed by atoms with Gasteiger partial charge < -0.3 is 30.3 Å². The van der Waals surface area contributed by atoms with Gasteiger partial charge >= 0.3 is 11.8 Å². The molecule has 0 spiro atoms. The highest BCUT2D eigenvalue weighted by molar-refractivity contribution is 5.77. The molecule has 1 rings (SSSR count). The highest BCUT2D eigenvalue weighted by atomic mass is 16.7. The lowest BCUT2D eigenvalue weighted by atomic mass is 9.95. The van der Waals surface area contributed by atoms with Crippen LogP contribution in [0.3, 0.4) is 0 Å². The summed E-state index contributed by atoms with van der Waals surface area (Å²) in [5, 5.41) is 44.8. The molecule has 0 aromatic rings. The molecule has 0 aliphatic carbocycles. The highest BCUT2D eigenvalue weighted by Gasteiger charge is 2.62. The van der Waals surface area contributed by atoms with Crippen molar-refractivity contribution in [1.82, 2.24) is 0 Å². The van der Waals surface area contributed by atoms with Crippen molar-refractivity contribution >= 4 is 5.97 Å². The lowest BCUT2D eigenvalue weighted by Gasteiger charge is -2.41. The molecule has 0 aromatic carbocycles. The van der Waals surface area contributed by atoms with Gasteiger partial charge in [0.25, 0.3) is 5.79 Å². The third-order valence-corrected chi connectivity index (χ3v) is 1.96. The van der Waals surface area contributed by atoms with E-state index < -0.39 is 23.6 Å². The number of ether oxygens (including phenoxy) is 1. The van der Waals surface area contributed by atoms with E-state index in [1.165, 1.54) is 0 Å². The van der Waals surface area contributed by atoms with E-state index in [1.807, 2.05) is 0 Å². The molecule has 2 unspecified atom stereocenters. The van der Waals surface area contributed by atoms with Gasteiger partial charge in [-0.05, 0) is 0 Å². The Balaban J connectivity index is 3.02. The van der Waals surface area contributed by atoms with Gasteiger partial charge in [0, 0.05) is 6.42 Å². The summed E-state index contributed by atoms with van der Waals surface area (Å²) in [5.41, 5.74) is 0. The minimum atomic E-state index is -3.20. The fourth-order valence-electron chi connectivity index (χ4n) is 1.07. The zero-order valence-corrected chi connectivity index (χ0v) is 6.54. The molecule has 7 nitrogen and oxygen atoms in total. The summed E-state index contributed by atoms with van der Waals surface area (Å²) in [4.78, 5) is 10.4. The van der Waals surface area contributed by atoms with Crippen molar-refractivity contribution in [2.75, 3.05) is 6.61 Å². The third kappa shape index (κ3) is 1.30. The Morgan fingerprint density at radius 2 is 1.92 bits per heavy atom. The maximum Gasteiger partial charge on any atom is 0.370 e. The average molecular weight is 194 g/mol. The molecule has 5 N–H and O–H groups in total. The molecule has 0 amide bonds. The van der Waals surface area contributed by atoms with Crippen LogP contribution in [0.25, 0.3) is 0 Å². The molecular weight excluding hydrogens is 184 g/mol. The second-order valence-electron chi connectivity index (χ2n) is 2.83. The van der Waals surface area contributed by atoms with Crippen LogP contribution in [0.15, 0.2) is 0 Å². The van der Waals surface area contributed by atoms with Gasteiger partial charge in [-0.15, -0.1) is 0 Å². The molecule has 1 fully saturated rings. The van der Waals surface area contributed by atoms with Gasteiger partial charge in [-0.2, -0.15) is 0 Å². The minimum Gasteiger partial charge on any atom is -0.477 e. The molecule has 1 saturated heterocycles. The molecule has 0 aromatic heterocycles. The smallest absolute Gasteiger partial charge is 0.370 e. The SMILES string of the molecule is O=C(O)C1(O)OCCC(O)C1(O)O. The predicted octanol–water partition coefficient (Wildman–Crippen LogP) is -2.78. The molecular formula is C6H10O7. The maximum absolute atomic E-state index is 10.4. The van der Waals surface area contributed by atoms with Crippen molar-refractivity contribution in [3.05, 3.63) is 0 Å². The molecule has 0 radical (unpaired) electrons. The standard InChI is InChI=1S/C6H10O7/c7-3-1-2-13-6(12,4(8)9)5(3,10)11/h3,7,10-12H,1-2H2,(H,8,9). The molecule has 2 atom stereocenters. The van der Waals surface area contributed by atoms with Crippen molar-refractivity contribution in [3.8, 4) is 0 Å². The monoisotopic (exact) mass is 194 g/mol. The Morgan fingerprint density at radius 1 is 1.38 bits per heavy atom. The topological polar surface area (TPSA) is 127 Å². The van der Waals surface area contributed by atoms with Gasteiger partial charge in [-0.3, -0.25) is 0 Å². The van der Waals surface area contributed by atoms with Gasteiger partial charge in [-0.25, -0.2) is 4.79 Å². The van der Waals surface area contributed by atoms with E-state index in [0.29, 0.717) is 0 Å². The lowest BCUT2D eigenvalue weighted by Crippen LogP contribution is -2.69. The third-order valence-electron chi connectivity index (χ3n) is 1.96. The lowest BCUT2D eigenvalue weighted by molar-refractivity contribution is -0.402. The minimum absolute atomic E-state index is 0.164. The van der Waals surface area contributed by atoms with Crippen LogP contribution in [-0.4, -0.2) is 55.8 Å². The van der Waals surface area contributed by atoms with Crippen LogP contribution in [-0.2, 0) is 9.53 Å². The zero-order valence-electron chi connectivity index (χ0n) is 6.54. The van der Waals surface area contributed by atoms with Crippen molar-refractivity contribution < 1.29 is 35.1 Å². The van der Waals surface area contributed by atoms with E-state index in [0.717, 1.165) is 0 Å². The second kappa shape index (κ2) is 2.89. The van der Waals surface area contributed by atoms with Crippen LogP contribution in [0.1, 0.15) is 6.42 Å². The number of carboxylic acid groups (broad SMARTS) is 1. The Hall–Kier alpha value is -0.730. The number of aliphatic carboxylic acids is 1. The van der Waals surface area contributed by atoms with Crippen molar-refractivity contribution in [2.45, 2.75) is 24.1 Å². The number of carboxylic acids is 1. The number of rotatable bonds is 1. The van der Waals surface area contributed by atoms with Crippen molar-refractivity contribution in [3.63, 3.8) is 0 Å². The van der Waals surface area contributed by atoms with E-state index in [9.17, 15) is 4.79 Å². The highest BCUT2D eigenvalue weighted by Crippen LogP contribution is 2.31. The number of hydrogen-bond donors (Lipinski definition) is 5. The first-order valence-corrected chi connectivity index (χ1v) is 3.55. The maximum atomic E-state index is 10.4. The normalized spacial score (nSPS) is 38.6. The van der Waals surface area contributed by atoms with Crippen LogP contribution in [0.4, 0.5) is 0 Å². The molecule has 0 bridgehead atoms. The first kappa shape index (κ1) is 10.4. The number of aliphatic hydroxyl groups excluding tert-OH is 1. The molecule has 1 aliphatic rings. The van der Waals surface area contributed by atoms with Crippen LogP contribution in [0.5, 0.6) is 0 Å². The van der Waals surface area contributed by atoms with Gasteiger partial charge in [0.2, 0.25) is 0 Å². The Kier molecular flexibility index (Phi) is 2.30. The molecule has 7 heteroatoms. The summed E-state index contributed by atoms with van der Waals surface area (Å²) in [6, 6.07) is 0. The quantitative estimate of drug-likeness (QED) is 0.286. The van der Waals surface area contributed by atoms with E-state index in [4.69, 9.17) is 25.5 Å². The fraction of sp³-hybridized carbons (Fsp3) is 0.833. The average Bonchev–Trinajstić information content (AvgIpc) is 2.00. The number of hydrogen-bond acceptors (Lipinski definition) is 6. The first-order valence-electron chi connectivity index (χ1n) is 3.55. The van der Waals surface area contributed by atoms with Crippen molar-refractivity contribution in [2.24, 2.45) is 0 Å². The van der Waals surface area contributed by atoms with E-state index >= 15 is 0 Å². The Morgan fingerprint density at radius 3 is 2.31 bits per heavy atom. The largest absolute Gasteiger partial charge is 0.477 e. The van der Waals surface area contributed by atoms with Crippen molar-refractivity contribution in [1.29, 1.82) is 0 Å². The predicted molar refractivity (Wildman–Crippen MR) is 36.3 cm³/mol. The summed E-state index contributed by atoms with van der Waals surface area (Å²) >= 11 is 0. The summed E-state index contributed by atoms with van der Waals surface area (Å²) in [5.74, 6) is -8.34. The van der Waals surface area contributed by atoms with Crippen LogP contribution in [0.2, 0.25) is 0 Å². The summed E-state index contributed by atoms with van der Waals surface area (Å²) in [6.45, 7) is -0.271. The Bertz CT molecular complexity index is 225. The van der Waals surface area contributed by atoms with Crippen LogP contribution < -0.4 is 0 Å². The molecule has 1 heterocycles. The second-order valence-corrected chi connectivity index (χ2v) is 2.83. The fourth-order valence-corrected chi connectivity index (χ4v) is 1.07. The van der Waals surface area contributed by atoms with E-state index in [-0.39, 0.29) is 13.0 Å². The molecule has 1 aliphatic heterocycles. The van der Waals surface area contributed by atoms with Gasteiger partial charge in [0.05, 0.1) is 6.61 Å². The Labute approximate surface area is 72.8 Å². The number of aliphatic hydroxyl groups is 4. The van der Waals surface area contributed by atoms with E-state index in [2.05, 4.69) is 4.74 Å². The van der Waals surface area contributed by atoms with E-state index in [1.54, 1.807) is 0 Å². The molecule has 13 heavy (non-hydrogen) atoms. The summed E-state index contributed by atoms with van der Waals surface area (Å²) in [6.07, 6.45) is -1.93. The van der Waals surface area contributed by atoms with Gasteiger partial charge in [-0.1, -0.05) is 0 Å². The van der Waals surface area contributed by atoms with Gasteiger partial charge in [0.15, 0.2) is 0 Å². The van der Waals surface area contributed by atoms with Crippen LogP contribution >= 0.6 is 0 Å². The molecule has 0 saturated carbocycles. The summed E-state index contributed by atoms with van der Waals surface area (Å²) < 4.78 is 4.31. The number of carbonyl (C=O) groups is 1. The zero-order chi connectivity index (χ0) is 10.3.